The van der Waals surface area contributed by atoms with Crippen LogP contribution in [0.15, 0.2) is 9.82 Å². The minimum absolute atomic E-state index is 0.253. The quantitative estimate of drug-likeness (QED) is 0.457. The Morgan fingerprint density at radius 1 is 1.23 bits per heavy atom. The average molecular weight is 443 g/mol. The Morgan fingerprint density at radius 2 is 1.93 bits per heavy atom. The highest BCUT2D eigenvalue weighted by molar-refractivity contribution is 7.99. The SMILES string of the molecule is CCOC(=O)c1sc2nc(C(C)Sc3nc(C)c(C)c(C)c3C#N)[nH]c(=O)c2c1C. The molecule has 1 atom stereocenters. The second kappa shape index (κ2) is 8.58. The van der Waals surface area contributed by atoms with Crippen molar-refractivity contribution < 1.29 is 9.53 Å². The van der Waals surface area contributed by atoms with Crippen LogP contribution in [0.25, 0.3) is 10.2 Å². The predicted octanol–water partition coefficient (Wildman–Crippen LogP) is 4.51. The van der Waals surface area contributed by atoms with Crippen molar-refractivity contribution in [1.82, 2.24) is 15.0 Å². The van der Waals surface area contributed by atoms with Gasteiger partial charge in [-0.3, -0.25) is 4.79 Å². The lowest BCUT2D eigenvalue weighted by atomic mass is 10.1. The molecular formula is C21H22N4O3S2. The number of nitrogens with zero attached hydrogens (tertiary/aromatic N) is 3. The normalized spacial score (nSPS) is 12.0. The number of nitriles is 1. The first-order chi connectivity index (χ1) is 14.2. The maximum Gasteiger partial charge on any atom is 0.348 e. The molecule has 0 amide bonds. The summed E-state index contributed by atoms with van der Waals surface area (Å²) in [4.78, 5) is 37.8. The number of carbonyl (C=O) groups excluding carboxylic acids is 1. The van der Waals surface area contributed by atoms with E-state index < -0.39 is 5.97 Å². The highest BCUT2D eigenvalue weighted by Crippen LogP contribution is 2.37. The Bertz CT molecular complexity index is 1250. The number of thiophene rings is 1. The lowest BCUT2D eigenvalue weighted by Crippen LogP contribution is -2.13. The van der Waals surface area contributed by atoms with Crippen LogP contribution in [0.3, 0.4) is 0 Å². The van der Waals surface area contributed by atoms with Crippen LogP contribution in [0.2, 0.25) is 0 Å². The second-order valence-corrected chi connectivity index (χ2v) is 9.24. The summed E-state index contributed by atoms with van der Waals surface area (Å²) < 4.78 is 5.08. The summed E-state index contributed by atoms with van der Waals surface area (Å²) in [5.74, 6) is 0.0190. The smallest absolute Gasteiger partial charge is 0.348 e. The molecule has 0 saturated heterocycles. The van der Waals surface area contributed by atoms with Crippen LogP contribution in [-0.4, -0.2) is 27.5 Å². The number of aromatic amines is 1. The average Bonchev–Trinajstić information content (AvgIpc) is 3.03. The van der Waals surface area contributed by atoms with Gasteiger partial charge < -0.3 is 9.72 Å². The Hall–Kier alpha value is -2.70. The monoisotopic (exact) mass is 442 g/mol. The highest BCUT2D eigenvalue weighted by Gasteiger charge is 2.23. The number of thioether (sulfide) groups is 1. The van der Waals surface area contributed by atoms with E-state index >= 15 is 0 Å². The molecule has 0 aliphatic rings. The van der Waals surface area contributed by atoms with Gasteiger partial charge in [0.25, 0.3) is 5.56 Å². The summed E-state index contributed by atoms with van der Waals surface area (Å²) >= 11 is 2.53. The molecule has 156 valence electrons. The first-order valence-electron chi connectivity index (χ1n) is 9.44. The van der Waals surface area contributed by atoms with E-state index in [0.29, 0.717) is 37.1 Å². The summed E-state index contributed by atoms with van der Waals surface area (Å²) in [5.41, 5.74) is 3.59. The van der Waals surface area contributed by atoms with Gasteiger partial charge in [-0.25, -0.2) is 14.8 Å². The van der Waals surface area contributed by atoms with Crippen LogP contribution in [0.5, 0.6) is 0 Å². The van der Waals surface area contributed by atoms with E-state index in [2.05, 4.69) is 21.0 Å². The molecule has 0 aromatic carbocycles. The molecule has 3 heterocycles. The van der Waals surface area contributed by atoms with E-state index in [4.69, 9.17) is 4.74 Å². The van der Waals surface area contributed by atoms with Crippen LogP contribution < -0.4 is 5.56 Å². The van der Waals surface area contributed by atoms with Crippen molar-refractivity contribution in [2.75, 3.05) is 6.61 Å². The fourth-order valence-corrected chi connectivity index (χ4v) is 5.24. The molecule has 3 rings (SSSR count). The number of fused-ring (bicyclic) bond motifs is 1. The summed E-state index contributed by atoms with van der Waals surface area (Å²) in [7, 11) is 0. The van der Waals surface area contributed by atoms with E-state index in [1.807, 2.05) is 27.7 Å². The van der Waals surface area contributed by atoms with Crippen molar-refractivity contribution in [2.24, 2.45) is 0 Å². The van der Waals surface area contributed by atoms with Gasteiger partial charge >= 0.3 is 5.97 Å². The topological polar surface area (TPSA) is 109 Å². The van der Waals surface area contributed by atoms with Crippen molar-refractivity contribution in [2.45, 2.75) is 51.8 Å². The first kappa shape index (κ1) is 22.0. The number of H-pyrrole nitrogens is 1. The number of hydrogen-bond donors (Lipinski definition) is 1. The number of aryl methyl sites for hydroxylation is 2. The van der Waals surface area contributed by atoms with Crippen molar-refractivity contribution in [3.63, 3.8) is 0 Å². The summed E-state index contributed by atoms with van der Waals surface area (Å²) in [6, 6.07) is 2.24. The minimum atomic E-state index is -0.449. The van der Waals surface area contributed by atoms with Crippen LogP contribution in [0.1, 0.15) is 62.5 Å². The maximum absolute atomic E-state index is 12.7. The number of pyridine rings is 1. The van der Waals surface area contributed by atoms with Crippen molar-refractivity contribution >= 4 is 39.3 Å². The summed E-state index contributed by atoms with van der Waals surface area (Å²) in [6.07, 6.45) is 0. The third kappa shape index (κ3) is 3.85. The summed E-state index contributed by atoms with van der Waals surface area (Å²) in [5, 5.41) is 10.4. The number of ether oxygens (including phenoxy) is 1. The van der Waals surface area contributed by atoms with Gasteiger partial charge in [-0.2, -0.15) is 5.26 Å². The minimum Gasteiger partial charge on any atom is -0.462 e. The van der Waals surface area contributed by atoms with Gasteiger partial charge in [0.05, 0.1) is 22.8 Å². The van der Waals surface area contributed by atoms with Crippen LogP contribution >= 0.6 is 23.1 Å². The van der Waals surface area contributed by atoms with Crippen molar-refractivity contribution in [1.29, 1.82) is 5.26 Å². The third-order valence-corrected chi connectivity index (χ3v) is 7.29. The summed E-state index contributed by atoms with van der Waals surface area (Å²) in [6.45, 7) is 11.4. The van der Waals surface area contributed by atoms with E-state index in [0.717, 1.165) is 28.2 Å². The van der Waals surface area contributed by atoms with E-state index in [9.17, 15) is 14.9 Å². The molecule has 3 aromatic rings. The zero-order valence-electron chi connectivity index (χ0n) is 17.7. The molecule has 0 aliphatic carbocycles. The fourth-order valence-electron chi connectivity index (χ4n) is 3.10. The van der Waals surface area contributed by atoms with Gasteiger partial charge in [-0.15, -0.1) is 11.3 Å². The Morgan fingerprint density at radius 3 is 2.57 bits per heavy atom. The molecule has 0 fully saturated rings. The Labute approximate surface area is 182 Å². The number of hydrogen-bond acceptors (Lipinski definition) is 8. The van der Waals surface area contributed by atoms with Gasteiger partial charge in [0, 0.05) is 5.69 Å². The van der Waals surface area contributed by atoms with Crippen LogP contribution in [0.4, 0.5) is 0 Å². The fraction of sp³-hybridized carbons (Fsp3) is 0.381. The molecule has 0 aliphatic heterocycles. The molecule has 7 nitrogen and oxygen atoms in total. The molecule has 1 unspecified atom stereocenters. The molecule has 30 heavy (non-hydrogen) atoms. The van der Waals surface area contributed by atoms with Crippen LogP contribution in [-0.2, 0) is 4.74 Å². The first-order valence-corrected chi connectivity index (χ1v) is 11.1. The van der Waals surface area contributed by atoms with Crippen LogP contribution in [0, 0.1) is 39.0 Å². The Balaban J connectivity index is 2.03. The van der Waals surface area contributed by atoms with Crippen molar-refractivity contribution in [3.05, 3.63) is 49.0 Å². The standard InChI is InChI=1S/C21H22N4O3S2/c1-7-28-21(27)16-11(4)15-18(26)24-17(25-20(15)30-16)13(6)29-19-14(8-22)10(3)9(2)12(5)23-19/h13H,7H2,1-6H3,(H,24,25,26). The zero-order chi connectivity index (χ0) is 22.2. The van der Waals surface area contributed by atoms with Gasteiger partial charge in [-0.05, 0) is 58.2 Å². The van der Waals surface area contributed by atoms with E-state index in [1.165, 1.54) is 11.8 Å². The molecule has 0 spiro atoms. The number of rotatable bonds is 5. The van der Waals surface area contributed by atoms with Gasteiger partial charge in [0.15, 0.2) is 0 Å². The van der Waals surface area contributed by atoms with Crippen molar-refractivity contribution in [3.8, 4) is 6.07 Å². The van der Waals surface area contributed by atoms with Gasteiger partial charge in [-0.1, -0.05) is 11.8 Å². The zero-order valence-corrected chi connectivity index (χ0v) is 19.3. The number of carbonyl (C=O) groups is 1. The van der Waals surface area contributed by atoms with E-state index in [-0.39, 0.29) is 17.4 Å². The lowest BCUT2D eigenvalue weighted by Gasteiger charge is -2.14. The molecular weight excluding hydrogens is 420 g/mol. The van der Waals surface area contributed by atoms with Gasteiger partial charge in [0.1, 0.15) is 26.6 Å². The molecule has 0 saturated carbocycles. The highest BCUT2D eigenvalue weighted by atomic mass is 32.2. The molecule has 9 heteroatoms. The van der Waals surface area contributed by atoms with E-state index in [1.54, 1.807) is 13.8 Å². The second-order valence-electron chi connectivity index (χ2n) is 6.91. The number of nitrogens with one attached hydrogen (secondary N) is 1. The molecule has 0 radical (unpaired) electrons. The number of esters is 1. The molecule has 1 N–H and O–H groups in total. The predicted molar refractivity (Wildman–Crippen MR) is 118 cm³/mol. The molecule has 3 aromatic heterocycles. The van der Waals surface area contributed by atoms with Gasteiger partial charge in [0.2, 0.25) is 0 Å². The maximum atomic E-state index is 12.7. The third-order valence-electron chi connectivity index (χ3n) is 5.03. The Kier molecular flexibility index (Phi) is 6.29. The molecule has 0 bridgehead atoms. The lowest BCUT2D eigenvalue weighted by molar-refractivity contribution is 0.0531. The largest absolute Gasteiger partial charge is 0.462 e. The number of aromatic nitrogens is 3.